The van der Waals surface area contributed by atoms with Crippen molar-refractivity contribution in [2.24, 2.45) is 5.11 Å². The summed E-state index contributed by atoms with van der Waals surface area (Å²) in [6, 6.07) is 9.21. The maximum absolute atomic E-state index is 13.0. The van der Waals surface area contributed by atoms with Crippen LogP contribution in [0.4, 0.5) is 4.79 Å². The number of nitrogens with zero attached hydrogens (tertiary/aromatic N) is 4. The van der Waals surface area contributed by atoms with Crippen molar-refractivity contribution in [3.63, 3.8) is 0 Å². The Morgan fingerprint density at radius 3 is 2.65 bits per heavy atom. The molecule has 0 radical (unpaired) electrons. The SMILES string of the molecule is CC(C)(C)[Si](C)(C)O[C@H]1CCCN(C(=O)OCc2ccccc2)[C@@H]1CC(O)CN=[N+]=[N-]. The van der Waals surface area contributed by atoms with Crippen LogP contribution in [0.15, 0.2) is 35.4 Å². The normalized spacial score (nSPS) is 20.6. The van der Waals surface area contributed by atoms with Crippen molar-refractivity contribution in [1.29, 1.82) is 0 Å². The summed E-state index contributed by atoms with van der Waals surface area (Å²) in [5.74, 6) is 0. The van der Waals surface area contributed by atoms with Gasteiger partial charge in [0.05, 0.1) is 24.8 Å². The molecule has 1 N–H and O–H groups in total. The van der Waals surface area contributed by atoms with Gasteiger partial charge < -0.3 is 19.2 Å². The van der Waals surface area contributed by atoms with Gasteiger partial charge in [-0.25, -0.2) is 4.79 Å². The number of hydrogen-bond donors (Lipinski definition) is 1. The Hall–Kier alpha value is -2.06. The summed E-state index contributed by atoms with van der Waals surface area (Å²) in [7, 11) is -2.09. The average Bonchev–Trinajstić information content (AvgIpc) is 2.71. The zero-order chi connectivity index (χ0) is 23.1. The van der Waals surface area contributed by atoms with Gasteiger partial charge in [0.15, 0.2) is 8.32 Å². The minimum Gasteiger partial charge on any atom is -0.445 e. The smallest absolute Gasteiger partial charge is 0.410 e. The van der Waals surface area contributed by atoms with Crippen LogP contribution >= 0.6 is 0 Å². The molecule has 1 aliphatic rings. The van der Waals surface area contributed by atoms with E-state index in [1.807, 2.05) is 30.3 Å². The Balaban J connectivity index is 2.18. The number of carbonyl (C=O) groups is 1. The number of amides is 1. The summed E-state index contributed by atoms with van der Waals surface area (Å²) >= 11 is 0. The zero-order valence-electron chi connectivity index (χ0n) is 19.3. The van der Waals surface area contributed by atoms with Crippen LogP contribution in [-0.2, 0) is 15.8 Å². The molecule has 172 valence electrons. The molecule has 1 fully saturated rings. The number of aliphatic hydroxyl groups is 1. The van der Waals surface area contributed by atoms with E-state index in [0.717, 1.165) is 18.4 Å². The van der Waals surface area contributed by atoms with Gasteiger partial charge >= 0.3 is 6.09 Å². The highest BCUT2D eigenvalue weighted by Crippen LogP contribution is 2.39. The Kier molecular flexibility index (Phi) is 8.94. The lowest BCUT2D eigenvalue weighted by Crippen LogP contribution is -2.57. The van der Waals surface area contributed by atoms with Crippen LogP contribution in [0.1, 0.15) is 45.6 Å². The first-order valence-electron chi connectivity index (χ1n) is 10.9. The molecule has 1 aromatic rings. The van der Waals surface area contributed by atoms with Crippen molar-refractivity contribution < 1.29 is 19.1 Å². The molecule has 9 heteroatoms. The van der Waals surface area contributed by atoms with Crippen LogP contribution in [0.25, 0.3) is 10.4 Å². The van der Waals surface area contributed by atoms with E-state index in [4.69, 9.17) is 14.7 Å². The number of rotatable bonds is 8. The maximum atomic E-state index is 13.0. The van der Waals surface area contributed by atoms with Gasteiger partial charge in [-0.1, -0.05) is 56.2 Å². The first-order chi connectivity index (χ1) is 14.5. The summed E-state index contributed by atoms with van der Waals surface area (Å²) in [5.41, 5.74) is 9.50. The van der Waals surface area contributed by atoms with Crippen LogP contribution in [-0.4, -0.2) is 55.8 Å². The van der Waals surface area contributed by atoms with Gasteiger partial charge in [-0.05, 0) is 48.5 Å². The summed E-state index contributed by atoms with van der Waals surface area (Å²) in [6.07, 6.45) is 0.442. The number of piperidine rings is 1. The quantitative estimate of drug-likeness (QED) is 0.254. The van der Waals surface area contributed by atoms with Gasteiger partial charge in [0.25, 0.3) is 0 Å². The van der Waals surface area contributed by atoms with Gasteiger partial charge in [0.1, 0.15) is 6.61 Å². The molecule has 0 aliphatic carbocycles. The van der Waals surface area contributed by atoms with Crippen molar-refractivity contribution >= 4 is 14.4 Å². The van der Waals surface area contributed by atoms with Crippen molar-refractivity contribution in [2.45, 2.75) is 83.0 Å². The number of benzene rings is 1. The van der Waals surface area contributed by atoms with E-state index in [2.05, 4.69) is 43.9 Å². The number of carbonyl (C=O) groups excluding carboxylic acids is 1. The number of azide groups is 1. The third kappa shape index (κ3) is 7.24. The zero-order valence-corrected chi connectivity index (χ0v) is 20.3. The highest BCUT2D eigenvalue weighted by atomic mass is 28.4. The van der Waals surface area contributed by atoms with Gasteiger partial charge in [-0.15, -0.1) is 0 Å². The molecule has 1 aliphatic heterocycles. The number of ether oxygens (including phenoxy) is 1. The van der Waals surface area contributed by atoms with Crippen molar-refractivity contribution in [3.05, 3.63) is 46.3 Å². The Morgan fingerprint density at radius 2 is 2.03 bits per heavy atom. The first kappa shape index (κ1) is 25.2. The van der Waals surface area contributed by atoms with E-state index in [0.29, 0.717) is 6.54 Å². The van der Waals surface area contributed by atoms with Crippen LogP contribution < -0.4 is 0 Å². The fourth-order valence-corrected chi connectivity index (χ4v) is 4.89. The molecular weight excluding hydrogens is 412 g/mol. The van der Waals surface area contributed by atoms with Crippen LogP contribution in [0.5, 0.6) is 0 Å². The second kappa shape index (κ2) is 11.0. The minimum atomic E-state index is -2.09. The van der Waals surface area contributed by atoms with Crippen LogP contribution in [0.3, 0.4) is 0 Å². The Morgan fingerprint density at radius 1 is 1.35 bits per heavy atom. The highest BCUT2D eigenvalue weighted by Gasteiger charge is 2.44. The topological polar surface area (TPSA) is 108 Å². The summed E-state index contributed by atoms with van der Waals surface area (Å²) in [6.45, 7) is 11.6. The predicted molar refractivity (Wildman–Crippen MR) is 123 cm³/mol. The summed E-state index contributed by atoms with van der Waals surface area (Å²) in [4.78, 5) is 17.4. The fourth-order valence-electron chi connectivity index (χ4n) is 3.51. The van der Waals surface area contributed by atoms with Gasteiger partial charge in [-0.3, -0.25) is 0 Å². The molecule has 0 spiro atoms. The molecule has 3 atom stereocenters. The first-order valence-corrected chi connectivity index (χ1v) is 13.8. The molecule has 2 rings (SSSR count). The molecule has 1 heterocycles. The Labute approximate surface area is 186 Å². The van der Waals surface area contributed by atoms with Crippen LogP contribution in [0, 0.1) is 0 Å². The largest absolute Gasteiger partial charge is 0.445 e. The van der Waals surface area contributed by atoms with E-state index in [1.54, 1.807) is 4.90 Å². The number of aliphatic hydroxyl groups excluding tert-OH is 1. The third-order valence-electron chi connectivity index (χ3n) is 6.28. The lowest BCUT2D eigenvalue weighted by atomic mass is 9.94. The van der Waals surface area contributed by atoms with E-state index < -0.39 is 20.5 Å². The average molecular weight is 449 g/mol. The lowest BCUT2D eigenvalue weighted by Gasteiger charge is -2.46. The monoisotopic (exact) mass is 448 g/mol. The predicted octanol–water partition coefficient (Wildman–Crippen LogP) is 5.24. The van der Waals surface area contributed by atoms with Gasteiger partial charge in [0, 0.05) is 11.5 Å². The van der Waals surface area contributed by atoms with Crippen molar-refractivity contribution in [3.8, 4) is 0 Å². The van der Waals surface area contributed by atoms with Crippen molar-refractivity contribution in [2.75, 3.05) is 13.1 Å². The molecule has 8 nitrogen and oxygen atoms in total. The van der Waals surface area contributed by atoms with E-state index in [1.165, 1.54) is 0 Å². The molecule has 1 aromatic carbocycles. The molecular formula is C22H36N4O4Si. The number of hydrogen-bond acceptors (Lipinski definition) is 5. The van der Waals surface area contributed by atoms with Crippen molar-refractivity contribution in [1.82, 2.24) is 4.90 Å². The van der Waals surface area contributed by atoms with Gasteiger partial charge in [0.2, 0.25) is 0 Å². The molecule has 31 heavy (non-hydrogen) atoms. The molecule has 1 amide bonds. The molecule has 1 saturated heterocycles. The summed E-state index contributed by atoms with van der Waals surface area (Å²) < 4.78 is 12.3. The minimum absolute atomic E-state index is 0.0252. The maximum Gasteiger partial charge on any atom is 0.410 e. The molecule has 1 unspecified atom stereocenters. The standard InChI is InChI=1S/C22H36N4O4Si/c1-22(2,3)31(4,5)30-20-12-9-13-26(19(20)14-18(27)15-24-25-23)21(28)29-16-17-10-7-6-8-11-17/h6-8,10-11,18-20,27H,9,12-16H2,1-5H3/t18?,19-,20+/m1/s1. The third-order valence-corrected chi connectivity index (χ3v) is 10.8. The summed E-state index contributed by atoms with van der Waals surface area (Å²) in [5, 5.41) is 13.9. The van der Waals surface area contributed by atoms with E-state index in [-0.39, 0.29) is 36.8 Å². The fraction of sp³-hybridized carbons (Fsp3) is 0.682. The van der Waals surface area contributed by atoms with Gasteiger partial charge in [-0.2, -0.15) is 0 Å². The second-order valence-electron chi connectivity index (χ2n) is 9.66. The Bertz CT molecular complexity index is 763. The van der Waals surface area contributed by atoms with E-state index >= 15 is 0 Å². The van der Waals surface area contributed by atoms with Crippen LogP contribution in [0.2, 0.25) is 18.1 Å². The second-order valence-corrected chi connectivity index (χ2v) is 14.4. The molecule has 0 bridgehead atoms. The molecule has 0 aromatic heterocycles. The highest BCUT2D eigenvalue weighted by molar-refractivity contribution is 6.74. The van der Waals surface area contributed by atoms with E-state index in [9.17, 15) is 9.90 Å². The number of likely N-dealkylation sites (tertiary alicyclic amines) is 1. The lowest BCUT2D eigenvalue weighted by molar-refractivity contribution is -0.00959. The molecule has 0 saturated carbocycles.